The van der Waals surface area contributed by atoms with Gasteiger partial charge in [0, 0.05) is 17.7 Å². The molecule has 0 radical (unpaired) electrons. The zero-order valence-corrected chi connectivity index (χ0v) is 20.9. The quantitative estimate of drug-likeness (QED) is 0.123. The fraction of sp³-hybridized carbons (Fsp3) is 0.148. The van der Waals surface area contributed by atoms with Gasteiger partial charge in [-0.3, -0.25) is 24.6 Å². The number of methoxy groups -OCH3 is 1. The van der Waals surface area contributed by atoms with E-state index in [-0.39, 0.29) is 22.2 Å². The SMILES string of the molecule is COc1ccc(C(O)=C2C(=O)C(=O)N(c3nc4ccc(C)cc4s3)[C@H]2c2ccc([N+](=O)[O-])cc2)cc1C. The van der Waals surface area contributed by atoms with E-state index in [1.165, 1.54) is 47.6 Å². The summed E-state index contributed by atoms with van der Waals surface area (Å²) in [6, 6.07) is 15.1. The molecule has 186 valence electrons. The van der Waals surface area contributed by atoms with E-state index in [0.29, 0.717) is 22.4 Å². The van der Waals surface area contributed by atoms with Crippen LogP contribution in [-0.4, -0.2) is 33.8 Å². The van der Waals surface area contributed by atoms with Crippen molar-refractivity contribution in [1.29, 1.82) is 0 Å². The number of aliphatic hydroxyl groups excluding tert-OH is 1. The zero-order valence-electron chi connectivity index (χ0n) is 20.1. The number of carbonyl (C=O) groups is 2. The summed E-state index contributed by atoms with van der Waals surface area (Å²) in [6.45, 7) is 3.74. The molecule has 37 heavy (non-hydrogen) atoms. The van der Waals surface area contributed by atoms with Crippen LogP contribution in [0.15, 0.2) is 66.2 Å². The summed E-state index contributed by atoms with van der Waals surface area (Å²) in [6.07, 6.45) is 0. The molecule has 1 atom stereocenters. The molecule has 0 saturated carbocycles. The number of carbonyl (C=O) groups excluding carboxylic acids is 2. The van der Waals surface area contributed by atoms with Crippen molar-refractivity contribution < 1.29 is 24.4 Å². The number of benzene rings is 3. The van der Waals surface area contributed by atoms with Crippen LogP contribution in [0.3, 0.4) is 0 Å². The number of amides is 1. The van der Waals surface area contributed by atoms with E-state index >= 15 is 0 Å². The molecule has 1 N–H and O–H groups in total. The molecule has 1 aliphatic heterocycles. The minimum atomic E-state index is -1.04. The van der Waals surface area contributed by atoms with E-state index in [1.54, 1.807) is 25.1 Å². The number of ether oxygens (including phenoxy) is 1. The lowest BCUT2D eigenvalue weighted by Gasteiger charge is -2.23. The number of hydrogen-bond acceptors (Lipinski definition) is 8. The van der Waals surface area contributed by atoms with Gasteiger partial charge in [0.25, 0.3) is 11.5 Å². The highest BCUT2D eigenvalue weighted by Gasteiger charge is 2.48. The molecule has 0 unspecified atom stereocenters. The van der Waals surface area contributed by atoms with Crippen LogP contribution in [0.25, 0.3) is 16.0 Å². The van der Waals surface area contributed by atoms with E-state index in [0.717, 1.165) is 15.8 Å². The second kappa shape index (κ2) is 9.14. The number of nitro groups is 1. The molecule has 0 aliphatic carbocycles. The second-order valence-corrected chi connectivity index (χ2v) is 9.68. The van der Waals surface area contributed by atoms with Gasteiger partial charge in [-0.15, -0.1) is 0 Å². The van der Waals surface area contributed by atoms with Crippen molar-refractivity contribution >= 4 is 49.8 Å². The number of nitrogens with zero attached hydrogens (tertiary/aromatic N) is 3. The lowest BCUT2D eigenvalue weighted by Crippen LogP contribution is -2.29. The summed E-state index contributed by atoms with van der Waals surface area (Å²) < 4.78 is 6.13. The Bertz CT molecular complexity index is 1620. The lowest BCUT2D eigenvalue weighted by atomic mass is 9.94. The Balaban J connectivity index is 1.72. The minimum absolute atomic E-state index is 0.126. The van der Waals surface area contributed by atoms with E-state index in [1.807, 2.05) is 25.1 Å². The van der Waals surface area contributed by atoms with Crippen LogP contribution in [0.2, 0.25) is 0 Å². The third-order valence-corrected chi connectivity index (χ3v) is 7.29. The number of fused-ring (bicyclic) bond motifs is 1. The number of rotatable bonds is 5. The van der Waals surface area contributed by atoms with Gasteiger partial charge in [-0.1, -0.05) is 17.4 Å². The number of thiazole rings is 1. The Labute approximate surface area is 215 Å². The molecule has 1 aromatic heterocycles. The minimum Gasteiger partial charge on any atom is -0.507 e. The highest BCUT2D eigenvalue weighted by Crippen LogP contribution is 2.44. The van der Waals surface area contributed by atoms with Crippen molar-refractivity contribution in [3.05, 3.63) is 98.6 Å². The number of aliphatic hydroxyl groups is 1. The first-order chi connectivity index (χ1) is 17.7. The van der Waals surface area contributed by atoms with Crippen LogP contribution in [0.4, 0.5) is 10.8 Å². The van der Waals surface area contributed by atoms with Gasteiger partial charge in [0.05, 0.1) is 33.9 Å². The van der Waals surface area contributed by atoms with E-state index in [4.69, 9.17) is 4.74 Å². The standard InChI is InChI=1S/C27H21N3O6S/c1-14-4-10-19-21(12-14)37-27(28-19)29-23(16-5-8-18(9-6-16)30(34)35)22(25(32)26(29)33)24(31)17-7-11-20(36-3)15(2)13-17/h4-13,23,31H,1-3H3/t23-/m0/s1. The zero-order chi connectivity index (χ0) is 26.4. The Morgan fingerprint density at radius 1 is 1.08 bits per heavy atom. The van der Waals surface area contributed by atoms with Gasteiger partial charge in [0.1, 0.15) is 11.5 Å². The van der Waals surface area contributed by atoms with Crippen LogP contribution < -0.4 is 9.64 Å². The van der Waals surface area contributed by atoms with Gasteiger partial charge in [0.15, 0.2) is 5.13 Å². The van der Waals surface area contributed by atoms with Crippen molar-refractivity contribution in [3.63, 3.8) is 0 Å². The molecule has 1 amide bonds. The number of ketones is 1. The van der Waals surface area contributed by atoms with Gasteiger partial charge in [-0.05, 0) is 73.0 Å². The van der Waals surface area contributed by atoms with Crippen molar-refractivity contribution in [2.45, 2.75) is 19.9 Å². The van der Waals surface area contributed by atoms with Crippen LogP contribution in [0.1, 0.15) is 28.3 Å². The summed E-state index contributed by atoms with van der Waals surface area (Å²) in [4.78, 5) is 43.3. The third-order valence-electron chi connectivity index (χ3n) is 6.27. The molecular weight excluding hydrogens is 494 g/mol. The average Bonchev–Trinajstić information content (AvgIpc) is 3.41. The number of aromatic nitrogens is 1. The molecule has 4 aromatic rings. The third kappa shape index (κ3) is 4.11. The normalized spacial score (nSPS) is 16.9. The Hall–Kier alpha value is -4.57. The summed E-state index contributed by atoms with van der Waals surface area (Å²) in [5.74, 6) is -1.46. The predicted molar refractivity (Wildman–Crippen MR) is 140 cm³/mol. The van der Waals surface area contributed by atoms with E-state index < -0.39 is 22.7 Å². The van der Waals surface area contributed by atoms with Crippen molar-refractivity contribution in [3.8, 4) is 5.75 Å². The largest absolute Gasteiger partial charge is 0.507 e. The van der Waals surface area contributed by atoms with Crippen LogP contribution in [-0.2, 0) is 9.59 Å². The Kier molecular flexibility index (Phi) is 5.96. The molecule has 2 heterocycles. The number of non-ortho nitro benzene ring substituents is 1. The van der Waals surface area contributed by atoms with Gasteiger partial charge in [0.2, 0.25) is 0 Å². The maximum Gasteiger partial charge on any atom is 0.301 e. The average molecular weight is 516 g/mol. The first kappa shape index (κ1) is 24.1. The van der Waals surface area contributed by atoms with Crippen LogP contribution in [0, 0.1) is 24.0 Å². The maximum atomic E-state index is 13.4. The second-order valence-electron chi connectivity index (χ2n) is 8.67. The summed E-state index contributed by atoms with van der Waals surface area (Å²) in [5, 5.41) is 22.8. The number of Topliss-reactive ketones (excluding diaryl/α,β-unsaturated/α-hetero) is 1. The molecule has 1 fully saturated rings. The molecule has 3 aromatic carbocycles. The highest BCUT2D eigenvalue weighted by molar-refractivity contribution is 7.22. The number of aryl methyl sites for hydroxylation is 2. The highest BCUT2D eigenvalue weighted by atomic mass is 32.1. The Morgan fingerprint density at radius 3 is 2.46 bits per heavy atom. The fourth-order valence-electron chi connectivity index (χ4n) is 4.43. The number of hydrogen-bond donors (Lipinski definition) is 1. The van der Waals surface area contributed by atoms with Crippen molar-refractivity contribution in [1.82, 2.24) is 4.98 Å². The molecule has 1 saturated heterocycles. The van der Waals surface area contributed by atoms with Gasteiger partial charge < -0.3 is 9.84 Å². The van der Waals surface area contributed by atoms with E-state index in [9.17, 15) is 24.8 Å². The molecule has 9 nitrogen and oxygen atoms in total. The monoisotopic (exact) mass is 515 g/mol. The van der Waals surface area contributed by atoms with Gasteiger partial charge in [-0.2, -0.15) is 0 Å². The molecule has 5 rings (SSSR count). The lowest BCUT2D eigenvalue weighted by molar-refractivity contribution is -0.384. The first-order valence-electron chi connectivity index (χ1n) is 11.3. The molecular formula is C27H21N3O6S. The van der Waals surface area contributed by atoms with Crippen molar-refractivity contribution in [2.75, 3.05) is 12.0 Å². The van der Waals surface area contributed by atoms with Gasteiger partial charge >= 0.3 is 5.91 Å². The van der Waals surface area contributed by atoms with E-state index in [2.05, 4.69) is 4.98 Å². The molecule has 0 bridgehead atoms. The van der Waals surface area contributed by atoms with Crippen molar-refractivity contribution in [2.24, 2.45) is 0 Å². The summed E-state index contributed by atoms with van der Waals surface area (Å²) in [7, 11) is 1.53. The summed E-state index contributed by atoms with van der Waals surface area (Å²) in [5.41, 5.74) is 2.91. The molecule has 0 spiro atoms. The smallest absolute Gasteiger partial charge is 0.301 e. The number of nitro benzene ring substituents is 1. The van der Waals surface area contributed by atoms with Crippen LogP contribution in [0.5, 0.6) is 5.75 Å². The maximum absolute atomic E-state index is 13.4. The first-order valence-corrected chi connectivity index (χ1v) is 12.1. The predicted octanol–water partition coefficient (Wildman–Crippen LogP) is 5.46. The topological polar surface area (TPSA) is 123 Å². The number of anilines is 1. The van der Waals surface area contributed by atoms with Crippen LogP contribution >= 0.6 is 11.3 Å². The molecule has 10 heteroatoms. The Morgan fingerprint density at radius 2 is 1.81 bits per heavy atom. The summed E-state index contributed by atoms with van der Waals surface area (Å²) >= 11 is 1.25. The van der Waals surface area contributed by atoms with Gasteiger partial charge in [-0.25, -0.2) is 4.98 Å². The fourth-order valence-corrected chi connectivity index (χ4v) is 5.52. The molecule has 1 aliphatic rings.